The van der Waals surface area contributed by atoms with Crippen LogP contribution in [0.3, 0.4) is 0 Å². The predicted octanol–water partition coefficient (Wildman–Crippen LogP) is 3.67. The minimum atomic E-state index is 0.701. The summed E-state index contributed by atoms with van der Waals surface area (Å²) < 4.78 is 0. The van der Waals surface area contributed by atoms with E-state index in [4.69, 9.17) is 0 Å². The van der Waals surface area contributed by atoms with Crippen molar-refractivity contribution in [2.75, 3.05) is 11.9 Å². The molecular weight excluding hydrogens is 246 g/mol. The highest BCUT2D eigenvalue weighted by Crippen LogP contribution is 2.23. The molecule has 2 rings (SSSR count). The van der Waals surface area contributed by atoms with Gasteiger partial charge in [0.25, 0.3) is 0 Å². The second-order valence-corrected chi connectivity index (χ2v) is 6.72. The van der Waals surface area contributed by atoms with Crippen LogP contribution in [0.4, 0.5) is 5.69 Å². The fourth-order valence-corrected chi connectivity index (χ4v) is 2.75. The van der Waals surface area contributed by atoms with Crippen molar-refractivity contribution in [1.29, 1.82) is 0 Å². The summed E-state index contributed by atoms with van der Waals surface area (Å²) in [5, 5.41) is 7.21. The zero-order chi connectivity index (χ0) is 14.5. The van der Waals surface area contributed by atoms with Crippen molar-refractivity contribution in [3.63, 3.8) is 0 Å². The summed E-state index contributed by atoms with van der Waals surface area (Å²) >= 11 is 0. The topological polar surface area (TPSA) is 37.0 Å². The van der Waals surface area contributed by atoms with Crippen LogP contribution in [0.15, 0.2) is 18.5 Å². The number of anilines is 1. The smallest absolute Gasteiger partial charge is 0.0416 e. The van der Waals surface area contributed by atoms with Crippen molar-refractivity contribution in [3.8, 4) is 0 Å². The molecule has 1 fully saturated rings. The van der Waals surface area contributed by atoms with Gasteiger partial charge in [-0.05, 0) is 36.7 Å². The van der Waals surface area contributed by atoms with E-state index < -0.39 is 0 Å². The Labute approximate surface area is 123 Å². The average molecular weight is 275 g/mol. The lowest BCUT2D eigenvalue weighted by Gasteiger charge is -2.26. The van der Waals surface area contributed by atoms with Gasteiger partial charge in [-0.25, -0.2) is 0 Å². The standard InChI is InChI=1S/C17H29N3/c1-12(2)16(13(3)4)11-20-17-7-8-18-9-14(17)10-19-15-5-6-15/h7-9,12-13,15-16,19H,5-6,10-11H2,1-4H3,(H,18,20). The Morgan fingerprint density at radius 1 is 1.20 bits per heavy atom. The highest BCUT2D eigenvalue weighted by atomic mass is 15.0. The van der Waals surface area contributed by atoms with Gasteiger partial charge < -0.3 is 10.6 Å². The zero-order valence-corrected chi connectivity index (χ0v) is 13.3. The number of rotatable bonds is 8. The van der Waals surface area contributed by atoms with Gasteiger partial charge in [0.2, 0.25) is 0 Å². The van der Waals surface area contributed by atoms with Crippen LogP contribution in [-0.4, -0.2) is 17.6 Å². The van der Waals surface area contributed by atoms with Gasteiger partial charge in [-0.3, -0.25) is 4.98 Å². The lowest BCUT2D eigenvalue weighted by Crippen LogP contribution is -2.25. The number of aromatic nitrogens is 1. The number of nitrogens with one attached hydrogen (secondary N) is 2. The third-order valence-electron chi connectivity index (χ3n) is 4.30. The van der Waals surface area contributed by atoms with Crippen LogP contribution >= 0.6 is 0 Å². The first-order valence-corrected chi connectivity index (χ1v) is 7.98. The molecule has 0 unspecified atom stereocenters. The van der Waals surface area contributed by atoms with Crippen molar-refractivity contribution in [2.45, 2.75) is 53.1 Å². The summed E-state index contributed by atoms with van der Waals surface area (Å²) in [6.07, 6.45) is 6.51. The largest absolute Gasteiger partial charge is 0.384 e. The van der Waals surface area contributed by atoms with Gasteiger partial charge in [0.15, 0.2) is 0 Å². The molecule has 0 bridgehead atoms. The van der Waals surface area contributed by atoms with Crippen molar-refractivity contribution < 1.29 is 0 Å². The molecule has 1 aromatic rings. The minimum Gasteiger partial charge on any atom is -0.384 e. The Balaban J connectivity index is 1.93. The van der Waals surface area contributed by atoms with Crippen LogP contribution in [-0.2, 0) is 6.54 Å². The average Bonchev–Trinajstić information content (AvgIpc) is 3.21. The molecule has 1 aliphatic rings. The Bertz CT molecular complexity index is 402. The molecule has 0 radical (unpaired) electrons. The van der Waals surface area contributed by atoms with Gasteiger partial charge >= 0.3 is 0 Å². The molecular formula is C17H29N3. The molecule has 1 aromatic heterocycles. The fourth-order valence-electron chi connectivity index (χ4n) is 2.75. The lowest BCUT2D eigenvalue weighted by atomic mass is 9.85. The zero-order valence-electron chi connectivity index (χ0n) is 13.3. The Morgan fingerprint density at radius 2 is 1.90 bits per heavy atom. The number of hydrogen-bond donors (Lipinski definition) is 2. The third-order valence-corrected chi connectivity index (χ3v) is 4.30. The van der Waals surface area contributed by atoms with Crippen molar-refractivity contribution in [2.24, 2.45) is 17.8 Å². The van der Waals surface area contributed by atoms with Gasteiger partial charge in [0.1, 0.15) is 0 Å². The number of nitrogens with zero attached hydrogens (tertiary/aromatic N) is 1. The van der Waals surface area contributed by atoms with Gasteiger partial charge in [0, 0.05) is 42.8 Å². The van der Waals surface area contributed by atoms with Crippen molar-refractivity contribution in [1.82, 2.24) is 10.3 Å². The van der Waals surface area contributed by atoms with Crippen molar-refractivity contribution >= 4 is 5.69 Å². The summed E-state index contributed by atoms with van der Waals surface area (Å²) in [5.41, 5.74) is 2.52. The SMILES string of the molecule is CC(C)C(CNc1ccncc1CNC1CC1)C(C)C. The molecule has 0 aromatic carbocycles. The van der Waals surface area contributed by atoms with Gasteiger partial charge in [0.05, 0.1) is 0 Å². The van der Waals surface area contributed by atoms with E-state index in [1.54, 1.807) is 0 Å². The van der Waals surface area contributed by atoms with Gasteiger partial charge in [-0.2, -0.15) is 0 Å². The molecule has 3 heteroatoms. The lowest BCUT2D eigenvalue weighted by molar-refractivity contribution is 0.304. The fraction of sp³-hybridized carbons (Fsp3) is 0.706. The molecule has 0 atom stereocenters. The highest BCUT2D eigenvalue weighted by molar-refractivity contribution is 5.49. The number of hydrogen-bond acceptors (Lipinski definition) is 3. The van der Waals surface area contributed by atoms with E-state index in [9.17, 15) is 0 Å². The summed E-state index contributed by atoms with van der Waals surface area (Å²) in [6.45, 7) is 11.2. The quantitative estimate of drug-likeness (QED) is 0.760. The second-order valence-electron chi connectivity index (χ2n) is 6.72. The van der Waals surface area contributed by atoms with Crippen LogP contribution in [0.25, 0.3) is 0 Å². The van der Waals surface area contributed by atoms with Crippen LogP contribution in [0.1, 0.15) is 46.1 Å². The maximum absolute atomic E-state index is 4.26. The number of pyridine rings is 1. The van der Waals surface area contributed by atoms with E-state index in [0.717, 1.165) is 19.1 Å². The molecule has 1 saturated carbocycles. The summed E-state index contributed by atoms with van der Waals surface area (Å²) in [4.78, 5) is 4.26. The first kappa shape index (κ1) is 15.3. The first-order chi connectivity index (χ1) is 9.58. The molecule has 112 valence electrons. The molecule has 0 amide bonds. The van der Waals surface area contributed by atoms with Crippen LogP contribution in [0.5, 0.6) is 0 Å². The summed E-state index contributed by atoms with van der Waals surface area (Å²) in [7, 11) is 0. The molecule has 3 nitrogen and oxygen atoms in total. The molecule has 20 heavy (non-hydrogen) atoms. The van der Waals surface area contributed by atoms with Crippen LogP contribution < -0.4 is 10.6 Å². The normalized spacial score (nSPS) is 15.3. The Kier molecular flexibility index (Phi) is 5.41. The minimum absolute atomic E-state index is 0.701. The van der Waals surface area contributed by atoms with Crippen LogP contribution in [0, 0.1) is 17.8 Å². The second kappa shape index (κ2) is 7.07. The predicted molar refractivity (Wildman–Crippen MR) is 85.8 cm³/mol. The Morgan fingerprint density at radius 3 is 2.50 bits per heavy atom. The Hall–Kier alpha value is -1.09. The first-order valence-electron chi connectivity index (χ1n) is 7.98. The van der Waals surface area contributed by atoms with E-state index in [0.29, 0.717) is 17.8 Å². The summed E-state index contributed by atoms with van der Waals surface area (Å²) in [5.74, 6) is 2.11. The van der Waals surface area contributed by atoms with E-state index in [1.165, 1.54) is 24.1 Å². The van der Waals surface area contributed by atoms with Gasteiger partial charge in [-0.1, -0.05) is 27.7 Å². The van der Waals surface area contributed by atoms with E-state index in [1.807, 2.05) is 12.4 Å². The van der Waals surface area contributed by atoms with E-state index in [2.05, 4.69) is 49.4 Å². The third kappa shape index (κ3) is 4.48. The maximum Gasteiger partial charge on any atom is 0.0416 e. The maximum atomic E-state index is 4.26. The van der Waals surface area contributed by atoms with Crippen molar-refractivity contribution in [3.05, 3.63) is 24.0 Å². The molecule has 1 heterocycles. The monoisotopic (exact) mass is 275 g/mol. The van der Waals surface area contributed by atoms with Crippen LogP contribution in [0.2, 0.25) is 0 Å². The molecule has 0 saturated heterocycles. The van der Waals surface area contributed by atoms with E-state index in [-0.39, 0.29) is 0 Å². The molecule has 1 aliphatic carbocycles. The summed E-state index contributed by atoms with van der Waals surface area (Å²) in [6, 6.07) is 2.84. The molecule has 0 spiro atoms. The molecule has 2 N–H and O–H groups in total. The highest BCUT2D eigenvalue weighted by Gasteiger charge is 2.21. The van der Waals surface area contributed by atoms with Gasteiger partial charge in [-0.15, -0.1) is 0 Å². The molecule has 0 aliphatic heterocycles. The van der Waals surface area contributed by atoms with E-state index >= 15 is 0 Å².